The fourth-order valence-electron chi connectivity index (χ4n) is 3.15. The summed E-state index contributed by atoms with van der Waals surface area (Å²) >= 11 is 1.25. The monoisotopic (exact) mass is 365 g/mol. The van der Waals surface area contributed by atoms with Gasteiger partial charge in [0.15, 0.2) is 0 Å². The zero-order valence-electron chi connectivity index (χ0n) is 14.5. The lowest BCUT2D eigenvalue weighted by molar-refractivity contribution is 0.612. The average Bonchev–Trinajstić information content (AvgIpc) is 2.93. The molecule has 0 N–H and O–H groups in total. The molecular weight excluding hydrogens is 346 g/mol. The number of aromatic nitrogens is 3. The molecule has 2 aromatic heterocycles. The first kappa shape index (κ1) is 16.8. The maximum absolute atomic E-state index is 12.7. The molecule has 2 heterocycles. The molecule has 0 saturated heterocycles. The predicted molar refractivity (Wildman–Crippen MR) is 104 cm³/mol. The van der Waals surface area contributed by atoms with Crippen LogP contribution in [0.15, 0.2) is 46.0 Å². The van der Waals surface area contributed by atoms with Gasteiger partial charge in [-0.05, 0) is 37.7 Å². The Balaban J connectivity index is 1.74. The van der Waals surface area contributed by atoms with Gasteiger partial charge in [0.05, 0.1) is 4.53 Å². The number of allylic oxidation sites excluding steroid dienone is 2. The average molecular weight is 365 g/mol. The van der Waals surface area contributed by atoms with Gasteiger partial charge in [-0.25, -0.2) is 0 Å². The molecule has 6 heteroatoms. The van der Waals surface area contributed by atoms with Crippen molar-refractivity contribution in [3.05, 3.63) is 78.5 Å². The Morgan fingerprint density at radius 1 is 1.23 bits per heavy atom. The molecule has 0 spiro atoms. The largest absolute Gasteiger partial charge is 0.296 e. The predicted octanol–water partition coefficient (Wildman–Crippen LogP) is 2.27. The highest BCUT2D eigenvalue weighted by Crippen LogP contribution is 2.19. The number of benzene rings is 1. The van der Waals surface area contributed by atoms with E-state index in [1.807, 2.05) is 37.3 Å². The Morgan fingerprint density at radius 3 is 2.77 bits per heavy atom. The number of hydrogen-bond acceptors (Lipinski definition) is 5. The zero-order chi connectivity index (χ0) is 18.1. The van der Waals surface area contributed by atoms with Crippen LogP contribution in [-0.4, -0.2) is 14.6 Å². The number of fused-ring (bicyclic) bond motifs is 1. The second kappa shape index (κ2) is 6.96. The first-order valence-corrected chi connectivity index (χ1v) is 9.57. The second-order valence-electron chi connectivity index (χ2n) is 6.70. The molecule has 0 aliphatic heterocycles. The fraction of sp³-hybridized carbons (Fsp3) is 0.300. The summed E-state index contributed by atoms with van der Waals surface area (Å²) in [6.07, 6.45) is 9.74. The fourth-order valence-corrected chi connectivity index (χ4v) is 4.12. The molecule has 26 heavy (non-hydrogen) atoms. The molecule has 0 radical (unpaired) electrons. The lowest BCUT2D eigenvalue weighted by Gasteiger charge is -2.11. The summed E-state index contributed by atoms with van der Waals surface area (Å²) in [6, 6.07) is 7.92. The van der Waals surface area contributed by atoms with Crippen molar-refractivity contribution in [2.45, 2.75) is 32.6 Å². The first-order chi connectivity index (χ1) is 12.6. The van der Waals surface area contributed by atoms with Crippen LogP contribution in [0.4, 0.5) is 0 Å². The quantitative estimate of drug-likeness (QED) is 0.668. The standard InChI is InChI=1S/C20H19N3O2S/c1-13-7-9-15(10-8-13)11-16-18(24)21-20-23(22-16)19(25)17(26-20)12-14-5-3-2-4-6-14/h2-3,7-10,12,14H,4-6,11H2,1H3. The van der Waals surface area contributed by atoms with Crippen LogP contribution in [0, 0.1) is 12.8 Å². The van der Waals surface area contributed by atoms with Gasteiger partial charge in [0.25, 0.3) is 11.1 Å². The van der Waals surface area contributed by atoms with Crippen molar-refractivity contribution in [3.8, 4) is 0 Å². The van der Waals surface area contributed by atoms with Crippen molar-refractivity contribution in [3.63, 3.8) is 0 Å². The third kappa shape index (κ3) is 3.37. The van der Waals surface area contributed by atoms with E-state index in [0.717, 1.165) is 30.4 Å². The summed E-state index contributed by atoms with van der Waals surface area (Å²) in [6.45, 7) is 2.01. The van der Waals surface area contributed by atoms with E-state index in [1.54, 1.807) is 0 Å². The molecule has 3 aromatic rings. The molecular formula is C20H19N3O2S. The number of aryl methyl sites for hydroxylation is 1. The Labute approximate surface area is 154 Å². The van der Waals surface area contributed by atoms with Crippen LogP contribution >= 0.6 is 11.3 Å². The van der Waals surface area contributed by atoms with Crippen molar-refractivity contribution in [2.24, 2.45) is 5.92 Å². The van der Waals surface area contributed by atoms with E-state index < -0.39 is 0 Å². The summed E-state index contributed by atoms with van der Waals surface area (Å²) < 4.78 is 1.90. The zero-order valence-corrected chi connectivity index (χ0v) is 15.3. The molecule has 0 saturated carbocycles. The van der Waals surface area contributed by atoms with Gasteiger partial charge in [0.1, 0.15) is 5.69 Å². The number of rotatable bonds is 3. The maximum atomic E-state index is 12.7. The van der Waals surface area contributed by atoms with E-state index in [1.165, 1.54) is 15.9 Å². The van der Waals surface area contributed by atoms with Crippen LogP contribution in [0.25, 0.3) is 11.0 Å². The van der Waals surface area contributed by atoms with Crippen LogP contribution in [0.5, 0.6) is 0 Å². The van der Waals surface area contributed by atoms with E-state index in [-0.39, 0.29) is 11.1 Å². The third-order valence-corrected chi connectivity index (χ3v) is 5.62. The molecule has 1 atom stereocenters. The normalized spacial score (nSPS) is 17.9. The number of hydrogen-bond donors (Lipinski definition) is 0. The van der Waals surface area contributed by atoms with Crippen molar-refractivity contribution in [2.75, 3.05) is 0 Å². The smallest absolute Gasteiger partial charge is 0.266 e. The van der Waals surface area contributed by atoms with Gasteiger partial charge in [-0.15, -0.1) is 0 Å². The summed E-state index contributed by atoms with van der Waals surface area (Å²) in [5.41, 5.74) is 1.89. The lowest BCUT2D eigenvalue weighted by atomic mass is 9.94. The second-order valence-corrected chi connectivity index (χ2v) is 7.71. The van der Waals surface area contributed by atoms with Crippen molar-refractivity contribution < 1.29 is 0 Å². The van der Waals surface area contributed by atoms with Crippen LogP contribution in [0.3, 0.4) is 0 Å². The summed E-state index contributed by atoms with van der Waals surface area (Å²) in [5.74, 6) is 0.361. The Kier molecular flexibility index (Phi) is 4.51. The van der Waals surface area contributed by atoms with E-state index in [4.69, 9.17) is 0 Å². The molecule has 0 bridgehead atoms. The first-order valence-electron chi connectivity index (χ1n) is 8.75. The van der Waals surface area contributed by atoms with Crippen LogP contribution < -0.4 is 15.7 Å². The van der Waals surface area contributed by atoms with Gasteiger partial charge in [-0.2, -0.15) is 14.6 Å². The molecule has 0 amide bonds. The van der Waals surface area contributed by atoms with Crippen molar-refractivity contribution >= 4 is 22.4 Å². The Hall–Kier alpha value is -2.60. The summed E-state index contributed by atoms with van der Waals surface area (Å²) in [4.78, 5) is 29.5. The molecule has 1 unspecified atom stereocenters. The van der Waals surface area contributed by atoms with E-state index in [2.05, 4.69) is 22.2 Å². The lowest BCUT2D eigenvalue weighted by Crippen LogP contribution is -2.28. The summed E-state index contributed by atoms with van der Waals surface area (Å²) in [7, 11) is 0. The third-order valence-electron chi connectivity index (χ3n) is 4.64. The minimum absolute atomic E-state index is 0.183. The summed E-state index contributed by atoms with van der Waals surface area (Å²) in [5, 5.41) is 4.31. The Morgan fingerprint density at radius 2 is 2.04 bits per heavy atom. The van der Waals surface area contributed by atoms with Crippen LogP contribution in [0.2, 0.25) is 0 Å². The van der Waals surface area contributed by atoms with E-state index in [9.17, 15) is 9.59 Å². The minimum Gasteiger partial charge on any atom is -0.266 e. The highest BCUT2D eigenvalue weighted by Gasteiger charge is 2.13. The molecule has 1 aliphatic carbocycles. The number of nitrogens with zero attached hydrogens (tertiary/aromatic N) is 3. The Bertz CT molecular complexity index is 1140. The van der Waals surface area contributed by atoms with E-state index >= 15 is 0 Å². The van der Waals surface area contributed by atoms with Gasteiger partial charge < -0.3 is 0 Å². The molecule has 1 aliphatic rings. The van der Waals surface area contributed by atoms with Gasteiger partial charge in [0.2, 0.25) is 4.96 Å². The van der Waals surface area contributed by atoms with Gasteiger partial charge in [0, 0.05) is 6.42 Å². The van der Waals surface area contributed by atoms with Gasteiger partial charge in [-0.1, -0.05) is 59.4 Å². The van der Waals surface area contributed by atoms with Crippen molar-refractivity contribution in [1.29, 1.82) is 0 Å². The topological polar surface area (TPSA) is 64.3 Å². The van der Waals surface area contributed by atoms with E-state index in [0.29, 0.717) is 27.5 Å². The van der Waals surface area contributed by atoms with Crippen molar-refractivity contribution in [1.82, 2.24) is 14.6 Å². The maximum Gasteiger partial charge on any atom is 0.296 e. The van der Waals surface area contributed by atoms with Gasteiger partial charge in [-0.3, -0.25) is 9.59 Å². The molecule has 4 rings (SSSR count). The molecule has 5 nitrogen and oxygen atoms in total. The number of thiazole rings is 1. The SMILES string of the molecule is Cc1ccc(Cc2nn3c(=O)c(=CC4CC=CCC4)sc3nc2=O)cc1. The minimum atomic E-state index is -0.362. The molecule has 1 aromatic carbocycles. The van der Waals surface area contributed by atoms with Gasteiger partial charge >= 0.3 is 0 Å². The van der Waals surface area contributed by atoms with Crippen LogP contribution in [-0.2, 0) is 6.42 Å². The van der Waals surface area contributed by atoms with Crippen LogP contribution in [0.1, 0.15) is 36.1 Å². The highest BCUT2D eigenvalue weighted by molar-refractivity contribution is 7.14. The molecule has 132 valence electrons. The molecule has 0 fully saturated rings. The highest BCUT2D eigenvalue weighted by atomic mass is 32.1.